The van der Waals surface area contributed by atoms with Crippen LogP contribution in [-0.4, -0.2) is 26.6 Å². The van der Waals surface area contributed by atoms with Gasteiger partial charge in [0, 0.05) is 18.4 Å². The van der Waals surface area contributed by atoms with Crippen molar-refractivity contribution in [3.63, 3.8) is 0 Å². The highest BCUT2D eigenvalue weighted by Crippen LogP contribution is 2.17. The van der Waals surface area contributed by atoms with Crippen molar-refractivity contribution in [2.45, 2.75) is 13.0 Å². The molecule has 5 nitrogen and oxygen atoms in total. The number of aromatic nitrogens is 3. The minimum absolute atomic E-state index is 0.102. The van der Waals surface area contributed by atoms with Crippen molar-refractivity contribution in [2.75, 3.05) is 6.54 Å². The van der Waals surface area contributed by atoms with Crippen LogP contribution in [0.15, 0.2) is 30.5 Å². The van der Waals surface area contributed by atoms with Crippen molar-refractivity contribution in [1.82, 2.24) is 15.0 Å². The first-order valence-electron chi connectivity index (χ1n) is 5.36. The molecule has 0 aromatic carbocycles. The van der Waals surface area contributed by atoms with E-state index >= 15 is 0 Å². The molecule has 0 fully saturated rings. The molecule has 88 valence electrons. The maximum Gasteiger partial charge on any atom is 0.159 e. The number of rotatable bonds is 3. The van der Waals surface area contributed by atoms with Crippen LogP contribution in [0.5, 0.6) is 0 Å². The molecule has 5 heteroatoms. The zero-order chi connectivity index (χ0) is 12.3. The van der Waals surface area contributed by atoms with Crippen molar-refractivity contribution in [2.24, 2.45) is 5.73 Å². The maximum absolute atomic E-state index is 9.65. The molecule has 0 aliphatic rings. The molecule has 0 aliphatic heterocycles. The Morgan fingerprint density at radius 3 is 2.76 bits per heavy atom. The number of hydrogen-bond acceptors (Lipinski definition) is 5. The molecule has 17 heavy (non-hydrogen) atoms. The highest BCUT2D eigenvalue weighted by molar-refractivity contribution is 5.53. The lowest BCUT2D eigenvalue weighted by Gasteiger charge is -2.09. The van der Waals surface area contributed by atoms with Gasteiger partial charge in [-0.25, -0.2) is 9.97 Å². The molecule has 0 spiro atoms. The standard InChI is InChI=1S/C12H14N4O/c1-8-6-10(9-4-2-3-5-14-9)16-12(15-8)11(17)7-13/h2-6,11,17H,7,13H2,1H3. The van der Waals surface area contributed by atoms with Gasteiger partial charge in [0.2, 0.25) is 0 Å². The van der Waals surface area contributed by atoms with Crippen molar-refractivity contribution in [3.05, 3.63) is 42.0 Å². The van der Waals surface area contributed by atoms with Gasteiger partial charge in [-0.05, 0) is 25.1 Å². The summed E-state index contributed by atoms with van der Waals surface area (Å²) in [5.74, 6) is 0.341. The van der Waals surface area contributed by atoms with Crippen LogP contribution in [-0.2, 0) is 0 Å². The van der Waals surface area contributed by atoms with Crippen molar-refractivity contribution >= 4 is 0 Å². The van der Waals surface area contributed by atoms with Crippen LogP contribution in [0.25, 0.3) is 11.4 Å². The number of nitrogens with two attached hydrogens (primary N) is 1. The monoisotopic (exact) mass is 230 g/mol. The van der Waals surface area contributed by atoms with Crippen LogP contribution in [0.1, 0.15) is 17.6 Å². The van der Waals surface area contributed by atoms with Gasteiger partial charge in [-0.3, -0.25) is 4.98 Å². The van der Waals surface area contributed by atoms with E-state index < -0.39 is 6.10 Å². The summed E-state index contributed by atoms with van der Waals surface area (Å²) in [4.78, 5) is 12.6. The predicted molar refractivity (Wildman–Crippen MR) is 64.0 cm³/mol. The normalized spacial score (nSPS) is 12.4. The molecule has 1 unspecified atom stereocenters. The lowest BCUT2D eigenvalue weighted by Crippen LogP contribution is -2.15. The van der Waals surface area contributed by atoms with Crippen LogP contribution >= 0.6 is 0 Å². The molecule has 2 rings (SSSR count). The van der Waals surface area contributed by atoms with Gasteiger partial charge >= 0.3 is 0 Å². The number of pyridine rings is 1. The van der Waals surface area contributed by atoms with E-state index in [1.54, 1.807) is 6.20 Å². The van der Waals surface area contributed by atoms with E-state index in [1.807, 2.05) is 31.2 Å². The van der Waals surface area contributed by atoms with Crippen LogP contribution in [0.2, 0.25) is 0 Å². The number of aliphatic hydroxyl groups is 1. The Morgan fingerprint density at radius 1 is 1.29 bits per heavy atom. The Kier molecular flexibility index (Phi) is 3.41. The summed E-state index contributed by atoms with van der Waals surface area (Å²) < 4.78 is 0. The number of aryl methyl sites for hydroxylation is 1. The molecule has 0 amide bonds. The SMILES string of the molecule is Cc1cc(-c2ccccn2)nc(C(O)CN)n1. The second-order valence-corrected chi connectivity index (χ2v) is 3.72. The second kappa shape index (κ2) is 4.99. The Labute approximate surface area is 99.4 Å². The summed E-state index contributed by atoms with van der Waals surface area (Å²) in [6.07, 6.45) is 0.864. The number of aliphatic hydroxyl groups excluding tert-OH is 1. The predicted octanol–water partition coefficient (Wildman–Crippen LogP) is 0.839. The van der Waals surface area contributed by atoms with Crippen LogP contribution < -0.4 is 5.73 Å². The molecule has 0 aliphatic carbocycles. The smallest absolute Gasteiger partial charge is 0.159 e. The highest BCUT2D eigenvalue weighted by Gasteiger charge is 2.11. The molecular formula is C12H14N4O. The Bertz CT molecular complexity index is 501. The topological polar surface area (TPSA) is 84.9 Å². The molecule has 0 radical (unpaired) electrons. The average molecular weight is 230 g/mol. The lowest BCUT2D eigenvalue weighted by molar-refractivity contribution is 0.176. The zero-order valence-corrected chi connectivity index (χ0v) is 9.54. The summed E-state index contributed by atoms with van der Waals surface area (Å²) in [5, 5.41) is 9.65. The van der Waals surface area contributed by atoms with Gasteiger partial charge < -0.3 is 10.8 Å². The zero-order valence-electron chi connectivity index (χ0n) is 9.54. The van der Waals surface area contributed by atoms with E-state index in [-0.39, 0.29) is 6.54 Å². The number of nitrogens with zero attached hydrogens (tertiary/aromatic N) is 3. The molecule has 3 N–H and O–H groups in total. The van der Waals surface area contributed by atoms with E-state index in [2.05, 4.69) is 15.0 Å². The van der Waals surface area contributed by atoms with E-state index in [0.29, 0.717) is 11.5 Å². The summed E-state index contributed by atoms with van der Waals surface area (Å²) in [6, 6.07) is 7.42. The van der Waals surface area contributed by atoms with Gasteiger partial charge in [0.15, 0.2) is 5.82 Å². The van der Waals surface area contributed by atoms with Gasteiger partial charge in [0.05, 0.1) is 11.4 Å². The fourth-order valence-electron chi connectivity index (χ4n) is 1.49. The fraction of sp³-hybridized carbons (Fsp3) is 0.250. The molecule has 1 atom stereocenters. The summed E-state index contributed by atoms with van der Waals surface area (Å²) in [5.41, 5.74) is 7.63. The molecule has 2 aromatic rings. The largest absolute Gasteiger partial charge is 0.384 e. The minimum Gasteiger partial charge on any atom is -0.384 e. The summed E-state index contributed by atoms with van der Waals surface area (Å²) in [7, 11) is 0. The van der Waals surface area contributed by atoms with Crippen molar-refractivity contribution in [1.29, 1.82) is 0 Å². The van der Waals surface area contributed by atoms with Gasteiger partial charge in [-0.15, -0.1) is 0 Å². The Morgan fingerprint density at radius 2 is 2.12 bits per heavy atom. The van der Waals surface area contributed by atoms with Crippen LogP contribution in [0.3, 0.4) is 0 Å². The van der Waals surface area contributed by atoms with Crippen molar-refractivity contribution in [3.8, 4) is 11.4 Å². The van der Waals surface area contributed by atoms with E-state index in [0.717, 1.165) is 11.4 Å². The molecular weight excluding hydrogens is 216 g/mol. The second-order valence-electron chi connectivity index (χ2n) is 3.72. The van der Waals surface area contributed by atoms with Gasteiger partial charge in [-0.2, -0.15) is 0 Å². The molecule has 2 aromatic heterocycles. The third-order valence-electron chi connectivity index (χ3n) is 2.32. The van der Waals surface area contributed by atoms with Crippen LogP contribution in [0.4, 0.5) is 0 Å². The fourth-order valence-corrected chi connectivity index (χ4v) is 1.49. The van der Waals surface area contributed by atoms with Gasteiger partial charge in [0.1, 0.15) is 6.10 Å². The summed E-state index contributed by atoms with van der Waals surface area (Å²) >= 11 is 0. The Hall–Kier alpha value is -1.85. The quantitative estimate of drug-likeness (QED) is 0.816. The highest BCUT2D eigenvalue weighted by atomic mass is 16.3. The van der Waals surface area contributed by atoms with E-state index in [9.17, 15) is 5.11 Å². The molecule has 0 bridgehead atoms. The first kappa shape index (κ1) is 11.6. The average Bonchev–Trinajstić information content (AvgIpc) is 2.38. The maximum atomic E-state index is 9.65. The first-order chi connectivity index (χ1) is 8.20. The van der Waals surface area contributed by atoms with Crippen molar-refractivity contribution < 1.29 is 5.11 Å². The molecule has 0 saturated heterocycles. The van der Waals surface area contributed by atoms with E-state index in [1.165, 1.54) is 0 Å². The Balaban J connectivity index is 2.45. The minimum atomic E-state index is -0.836. The lowest BCUT2D eigenvalue weighted by atomic mass is 10.2. The van der Waals surface area contributed by atoms with Crippen LogP contribution in [0, 0.1) is 6.92 Å². The third-order valence-corrected chi connectivity index (χ3v) is 2.32. The van der Waals surface area contributed by atoms with E-state index in [4.69, 9.17) is 5.73 Å². The first-order valence-corrected chi connectivity index (χ1v) is 5.36. The number of hydrogen-bond donors (Lipinski definition) is 2. The molecule has 2 heterocycles. The van der Waals surface area contributed by atoms with Gasteiger partial charge in [-0.1, -0.05) is 6.07 Å². The summed E-state index contributed by atoms with van der Waals surface area (Å²) in [6.45, 7) is 1.95. The third kappa shape index (κ3) is 2.64. The molecule has 0 saturated carbocycles. The van der Waals surface area contributed by atoms with Gasteiger partial charge in [0.25, 0.3) is 0 Å².